The topological polar surface area (TPSA) is 38.8 Å². The van der Waals surface area contributed by atoms with E-state index in [0.29, 0.717) is 6.61 Å². The van der Waals surface area contributed by atoms with E-state index in [4.69, 9.17) is 9.47 Å². The molecule has 1 aliphatic heterocycles. The highest BCUT2D eigenvalue weighted by atomic mass is 79.9. The van der Waals surface area contributed by atoms with Crippen molar-refractivity contribution in [1.82, 2.24) is 4.90 Å². The van der Waals surface area contributed by atoms with Gasteiger partial charge in [0, 0.05) is 19.6 Å². The second-order valence-electron chi connectivity index (χ2n) is 3.24. The molecule has 0 radical (unpaired) electrons. The highest BCUT2D eigenvalue weighted by molar-refractivity contribution is 9.10. The van der Waals surface area contributed by atoms with E-state index in [0.717, 1.165) is 32.8 Å². The first-order valence-electron chi connectivity index (χ1n) is 4.81. The molecule has 1 fully saturated rings. The first-order chi connectivity index (χ1) is 6.70. The van der Waals surface area contributed by atoms with Crippen LogP contribution in [0.5, 0.6) is 0 Å². The maximum absolute atomic E-state index is 11.1. The Hall–Kier alpha value is -0.130. The molecule has 1 rings (SSSR count). The predicted molar refractivity (Wildman–Crippen MR) is 56.6 cm³/mol. The number of ether oxygens (including phenoxy) is 2. The maximum atomic E-state index is 11.1. The summed E-state index contributed by atoms with van der Waals surface area (Å²) in [6, 6.07) is 0. The van der Waals surface area contributed by atoms with Crippen LogP contribution in [0.2, 0.25) is 0 Å². The molecule has 0 aromatic carbocycles. The molecule has 0 aromatic rings. The van der Waals surface area contributed by atoms with Gasteiger partial charge in [0.25, 0.3) is 0 Å². The Balaban J connectivity index is 2.05. The Bertz CT molecular complexity index is 181. The van der Waals surface area contributed by atoms with Gasteiger partial charge in [0.2, 0.25) is 0 Å². The highest BCUT2D eigenvalue weighted by Crippen LogP contribution is 2.01. The number of carbonyl (C=O) groups excluding carboxylic acids is 1. The van der Waals surface area contributed by atoms with Crippen molar-refractivity contribution in [2.24, 2.45) is 0 Å². The molecule has 1 aliphatic rings. The van der Waals surface area contributed by atoms with Crippen LogP contribution in [0.15, 0.2) is 0 Å². The van der Waals surface area contributed by atoms with Crippen molar-refractivity contribution in [2.75, 3.05) is 39.5 Å². The Morgan fingerprint density at radius 2 is 2.21 bits per heavy atom. The van der Waals surface area contributed by atoms with Crippen LogP contribution in [0.25, 0.3) is 0 Å². The van der Waals surface area contributed by atoms with E-state index >= 15 is 0 Å². The van der Waals surface area contributed by atoms with E-state index in [2.05, 4.69) is 20.8 Å². The number of hydrogen-bond donors (Lipinski definition) is 0. The minimum atomic E-state index is -0.216. The number of esters is 1. The fraction of sp³-hybridized carbons (Fsp3) is 0.889. The molecule has 82 valence electrons. The van der Waals surface area contributed by atoms with Crippen LogP contribution in [0.4, 0.5) is 0 Å². The highest BCUT2D eigenvalue weighted by Gasteiger charge is 2.12. The van der Waals surface area contributed by atoms with Crippen molar-refractivity contribution in [3.05, 3.63) is 0 Å². The SMILES string of the molecule is CC(Br)C(=O)OCCN1CCOCC1. The normalized spacial score (nSPS) is 20.4. The van der Waals surface area contributed by atoms with Crippen molar-refractivity contribution < 1.29 is 14.3 Å². The van der Waals surface area contributed by atoms with Gasteiger partial charge in [-0.15, -0.1) is 0 Å². The first kappa shape index (κ1) is 11.9. The molecule has 5 heteroatoms. The molecule has 4 nitrogen and oxygen atoms in total. The zero-order chi connectivity index (χ0) is 10.4. The van der Waals surface area contributed by atoms with Gasteiger partial charge in [-0.2, -0.15) is 0 Å². The minimum Gasteiger partial charge on any atom is -0.463 e. The lowest BCUT2D eigenvalue weighted by Gasteiger charge is -2.26. The van der Waals surface area contributed by atoms with E-state index in [9.17, 15) is 4.79 Å². The van der Waals surface area contributed by atoms with Crippen LogP contribution < -0.4 is 0 Å². The van der Waals surface area contributed by atoms with Gasteiger partial charge in [0.1, 0.15) is 11.4 Å². The first-order valence-corrected chi connectivity index (χ1v) is 5.72. The lowest BCUT2D eigenvalue weighted by atomic mass is 10.4. The van der Waals surface area contributed by atoms with E-state index in [1.807, 2.05) is 0 Å². The summed E-state index contributed by atoms with van der Waals surface area (Å²) >= 11 is 3.16. The Labute approximate surface area is 92.7 Å². The number of halogens is 1. The summed E-state index contributed by atoms with van der Waals surface area (Å²) in [7, 11) is 0. The fourth-order valence-electron chi connectivity index (χ4n) is 1.21. The number of hydrogen-bond acceptors (Lipinski definition) is 4. The second kappa shape index (κ2) is 6.37. The smallest absolute Gasteiger partial charge is 0.319 e. The molecule has 1 unspecified atom stereocenters. The fourth-order valence-corrected chi connectivity index (χ4v) is 1.35. The molecule has 0 spiro atoms. The van der Waals surface area contributed by atoms with Crippen LogP contribution in [0.3, 0.4) is 0 Å². The summed E-state index contributed by atoms with van der Waals surface area (Å²) in [6.45, 7) is 6.45. The van der Waals surface area contributed by atoms with E-state index in [-0.39, 0.29) is 10.8 Å². The van der Waals surface area contributed by atoms with E-state index in [1.165, 1.54) is 0 Å². The number of nitrogens with zero attached hydrogens (tertiary/aromatic N) is 1. The van der Waals surface area contributed by atoms with Gasteiger partial charge in [0.15, 0.2) is 0 Å². The Morgan fingerprint density at radius 1 is 1.57 bits per heavy atom. The van der Waals surface area contributed by atoms with Gasteiger partial charge in [-0.3, -0.25) is 9.69 Å². The maximum Gasteiger partial charge on any atom is 0.319 e. The molecule has 0 bridgehead atoms. The summed E-state index contributed by atoms with van der Waals surface area (Å²) in [6.07, 6.45) is 0. The third-order valence-electron chi connectivity index (χ3n) is 2.08. The third-order valence-corrected chi connectivity index (χ3v) is 2.45. The van der Waals surface area contributed by atoms with Gasteiger partial charge < -0.3 is 9.47 Å². The summed E-state index contributed by atoms with van der Waals surface area (Å²) in [4.78, 5) is 13.1. The number of rotatable bonds is 4. The van der Waals surface area contributed by atoms with Crippen molar-refractivity contribution in [1.29, 1.82) is 0 Å². The second-order valence-corrected chi connectivity index (χ2v) is 4.61. The lowest BCUT2D eigenvalue weighted by Crippen LogP contribution is -2.38. The van der Waals surface area contributed by atoms with Gasteiger partial charge in [-0.1, -0.05) is 15.9 Å². The van der Waals surface area contributed by atoms with Gasteiger partial charge in [-0.05, 0) is 6.92 Å². The van der Waals surface area contributed by atoms with Crippen molar-refractivity contribution >= 4 is 21.9 Å². The summed E-state index contributed by atoms with van der Waals surface area (Å²) in [5, 5.41) is 0. The molecular formula is C9H16BrNO3. The summed E-state index contributed by atoms with van der Waals surface area (Å²) in [5.74, 6) is -0.196. The molecular weight excluding hydrogens is 250 g/mol. The molecule has 0 aromatic heterocycles. The molecule has 0 saturated carbocycles. The van der Waals surface area contributed by atoms with Crippen molar-refractivity contribution in [2.45, 2.75) is 11.8 Å². The van der Waals surface area contributed by atoms with Gasteiger partial charge in [-0.25, -0.2) is 0 Å². The van der Waals surface area contributed by atoms with Crippen molar-refractivity contribution in [3.63, 3.8) is 0 Å². The molecule has 1 atom stereocenters. The average Bonchev–Trinajstić information content (AvgIpc) is 2.19. The molecule has 0 aliphatic carbocycles. The standard InChI is InChI=1S/C9H16BrNO3/c1-8(10)9(12)14-7-4-11-2-5-13-6-3-11/h8H,2-7H2,1H3. The quantitative estimate of drug-likeness (QED) is 0.553. The zero-order valence-corrected chi connectivity index (χ0v) is 9.96. The number of alkyl halides is 1. The van der Waals surface area contributed by atoms with Crippen molar-refractivity contribution in [3.8, 4) is 0 Å². The third kappa shape index (κ3) is 4.39. The Morgan fingerprint density at radius 3 is 2.79 bits per heavy atom. The Kier molecular flexibility index (Phi) is 5.44. The summed E-state index contributed by atoms with van der Waals surface area (Å²) in [5.41, 5.74) is 0. The van der Waals surface area contributed by atoms with Crippen LogP contribution >= 0.6 is 15.9 Å². The number of carbonyl (C=O) groups is 1. The number of morpholine rings is 1. The van der Waals surface area contributed by atoms with Crippen LogP contribution in [-0.4, -0.2) is 55.2 Å². The predicted octanol–water partition coefficient (Wildman–Crippen LogP) is 0.645. The van der Waals surface area contributed by atoms with Crippen LogP contribution in [0, 0.1) is 0 Å². The molecule has 0 N–H and O–H groups in total. The molecule has 1 saturated heterocycles. The molecule has 0 amide bonds. The summed E-state index contributed by atoms with van der Waals surface area (Å²) < 4.78 is 10.2. The monoisotopic (exact) mass is 265 g/mol. The molecule has 14 heavy (non-hydrogen) atoms. The largest absolute Gasteiger partial charge is 0.463 e. The van der Waals surface area contributed by atoms with E-state index in [1.54, 1.807) is 6.92 Å². The van der Waals surface area contributed by atoms with Gasteiger partial charge in [0.05, 0.1) is 13.2 Å². The van der Waals surface area contributed by atoms with Crippen LogP contribution in [0.1, 0.15) is 6.92 Å². The van der Waals surface area contributed by atoms with Gasteiger partial charge >= 0.3 is 5.97 Å². The van der Waals surface area contributed by atoms with E-state index < -0.39 is 0 Å². The lowest BCUT2D eigenvalue weighted by molar-refractivity contribution is -0.143. The molecule has 1 heterocycles. The average molecular weight is 266 g/mol. The van der Waals surface area contributed by atoms with Crippen LogP contribution in [-0.2, 0) is 14.3 Å². The minimum absolute atomic E-state index is 0.196. The zero-order valence-electron chi connectivity index (χ0n) is 8.37.